The normalized spacial score (nSPS) is 18.3. The predicted octanol–water partition coefficient (Wildman–Crippen LogP) is 3.42. The molecular weight excluding hydrogens is 502 g/mol. The Morgan fingerprint density at radius 1 is 1.13 bits per heavy atom. The number of aliphatic carboxylic acids is 1. The number of carboxylic acid groups (broad SMARTS) is 1. The van der Waals surface area contributed by atoms with Crippen LogP contribution in [0.15, 0.2) is 77.7 Å². The highest BCUT2D eigenvalue weighted by atomic mass is 32.2. The Bertz CT molecular complexity index is 1410. The van der Waals surface area contributed by atoms with E-state index in [0.29, 0.717) is 29.7 Å². The monoisotopic (exact) mass is 533 g/mol. The van der Waals surface area contributed by atoms with E-state index in [2.05, 4.69) is 16.7 Å². The summed E-state index contributed by atoms with van der Waals surface area (Å²) in [6.07, 6.45) is 1.29. The topological polar surface area (TPSA) is 129 Å². The fraction of sp³-hybridized carbons (Fsp3) is 0.310. The van der Waals surface area contributed by atoms with E-state index in [4.69, 9.17) is 4.74 Å². The standard InChI is InChI=1S/C29H31N3O5S/c1-37-26-10-5-7-23(18-30)27(26)22-13-11-21(12-14-22)17-25(28(33)34)32-20-29(15-6-16-31-19-29)38(35,36)24-8-3-2-4-9-24/h2-5,7-14,25,31-32H,6,15-17,19-20H2,1H3,(H,33,34)/t25-,29?/m0/s1. The number of hydrogen-bond acceptors (Lipinski definition) is 7. The van der Waals surface area contributed by atoms with E-state index in [0.717, 1.165) is 17.7 Å². The molecule has 0 amide bonds. The number of rotatable bonds is 10. The van der Waals surface area contributed by atoms with Gasteiger partial charge in [-0.15, -0.1) is 0 Å². The molecule has 1 aliphatic rings. The van der Waals surface area contributed by atoms with Crippen LogP contribution in [0.4, 0.5) is 0 Å². The summed E-state index contributed by atoms with van der Waals surface area (Å²) < 4.78 is 31.6. The third-order valence-corrected chi connectivity index (χ3v) is 9.60. The summed E-state index contributed by atoms with van der Waals surface area (Å²) in [5.74, 6) is -0.477. The van der Waals surface area contributed by atoms with Crippen LogP contribution in [-0.2, 0) is 21.1 Å². The quantitative estimate of drug-likeness (QED) is 0.362. The molecule has 3 aromatic rings. The van der Waals surface area contributed by atoms with E-state index in [1.54, 1.807) is 55.6 Å². The van der Waals surface area contributed by atoms with Gasteiger partial charge in [0.25, 0.3) is 0 Å². The van der Waals surface area contributed by atoms with Gasteiger partial charge in [-0.25, -0.2) is 8.42 Å². The molecule has 1 aliphatic heterocycles. The van der Waals surface area contributed by atoms with Crippen molar-refractivity contribution < 1.29 is 23.1 Å². The molecule has 0 bridgehead atoms. The summed E-state index contributed by atoms with van der Waals surface area (Å²) in [6.45, 7) is 0.984. The van der Waals surface area contributed by atoms with E-state index in [1.165, 1.54) is 0 Å². The number of methoxy groups -OCH3 is 1. The molecule has 4 rings (SSSR count). The number of hydrogen-bond donors (Lipinski definition) is 3. The van der Waals surface area contributed by atoms with Crippen LogP contribution in [0.1, 0.15) is 24.0 Å². The van der Waals surface area contributed by atoms with E-state index in [9.17, 15) is 23.6 Å². The summed E-state index contributed by atoms with van der Waals surface area (Å²) >= 11 is 0. The Kier molecular flexibility index (Phi) is 8.47. The third kappa shape index (κ3) is 5.58. The van der Waals surface area contributed by atoms with Crippen molar-refractivity contribution in [3.63, 3.8) is 0 Å². The van der Waals surface area contributed by atoms with Crippen molar-refractivity contribution in [2.75, 3.05) is 26.7 Å². The summed E-state index contributed by atoms with van der Waals surface area (Å²) in [5.41, 5.74) is 2.70. The molecule has 1 heterocycles. The Balaban J connectivity index is 1.54. The molecule has 3 N–H and O–H groups in total. The predicted molar refractivity (Wildman–Crippen MR) is 145 cm³/mol. The molecule has 9 heteroatoms. The average molecular weight is 534 g/mol. The van der Waals surface area contributed by atoms with Gasteiger partial charge in [-0.2, -0.15) is 5.26 Å². The lowest BCUT2D eigenvalue weighted by Gasteiger charge is -2.38. The van der Waals surface area contributed by atoms with Gasteiger partial charge in [0.05, 0.1) is 23.6 Å². The van der Waals surface area contributed by atoms with Crippen molar-refractivity contribution in [1.29, 1.82) is 5.26 Å². The van der Waals surface area contributed by atoms with Crippen LogP contribution in [0, 0.1) is 11.3 Å². The minimum Gasteiger partial charge on any atom is -0.496 e. The summed E-state index contributed by atoms with van der Waals surface area (Å²) in [5, 5.41) is 25.7. The minimum absolute atomic E-state index is 0.0129. The van der Waals surface area contributed by atoms with Gasteiger partial charge in [-0.3, -0.25) is 4.79 Å². The Labute approximate surface area is 223 Å². The van der Waals surface area contributed by atoms with Crippen LogP contribution in [0.25, 0.3) is 11.1 Å². The number of nitriles is 1. The van der Waals surface area contributed by atoms with Crippen molar-refractivity contribution in [3.8, 4) is 22.9 Å². The number of nitrogens with zero attached hydrogens (tertiary/aromatic N) is 1. The van der Waals surface area contributed by atoms with Crippen LogP contribution in [0.2, 0.25) is 0 Å². The van der Waals surface area contributed by atoms with Crippen LogP contribution < -0.4 is 15.4 Å². The van der Waals surface area contributed by atoms with Gasteiger partial charge in [0, 0.05) is 18.7 Å². The molecule has 3 aromatic carbocycles. The molecule has 8 nitrogen and oxygen atoms in total. The zero-order valence-corrected chi connectivity index (χ0v) is 22.0. The molecule has 198 valence electrons. The molecule has 1 fully saturated rings. The number of benzene rings is 3. The van der Waals surface area contributed by atoms with Gasteiger partial charge in [-0.05, 0) is 61.2 Å². The Morgan fingerprint density at radius 2 is 1.87 bits per heavy atom. The number of ether oxygens (including phenoxy) is 1. The molecule has 0 aliphatic carbocycles. The number of carboxylic acids is 1. The molecule has 1 saturated heterocycles. The number of piperidine rings is 1. The van der Waals surface area contributed by atoms with Crippen LogP contribution in [0.5, 0.6) is 5.75 Å². The van der Waals surface area contributed by atoms with Crippen molar-refractivity contribution in [2.24, 2.45) is 0 Å². The lowest BCUT2D eigenvalue weighted by molar-refractivity contribution is -0.139. The molecule has 1 unspecified atom stereocenters. The van der Waals surface area contributed by atoms with Gasteiger partial charge in [0.15, 0.2) is 9.84 Å². The second kappa shape index (κ2) is 11.8. The van der Waals surface area contributed by atoms with Crippen molar-refractivity contribution in [1.82, 2.24) is 10.6 Å². The maximum atomic E-state index is 13.7. The number of nitrogens with one attached hydrogen (secondary N) is 2. The highest BCUT2D eigenvalue weighted by Gasteiger charge is 2.46. The molecule has 0 radical (unpaired) electrons. The fourth-order valence-corrected chi connectivity index (χ4v) is 6.95. The molecular formula is C29H31N3O5S. The first-order valence-electron chi connectivity index (χ1n) is 12.4. The molecule has 2 atom stereocenters. The molecule has 38 heavy (non-hydrogen) atoms. The Hall–Kier alpha value is -3.71. The maximum Gasteiger partial charge on any atom is 0.321 e. The second-order valence-electron chi connectivity index (χ2n) is 9.45. The van der Waals surface area contributed by atoms with E-state index in [1.807, 2.05) is 24.3 Å². The SMILES string of the molecule is COc1cccc(C#N)c1-c1ccc(C[C@H](NCC2(S(=O)(=O)c3ccccc3)CCCNC2)C(=O)O)cc1. The number of carbonyl (C=O) groups is 1. The van der Waals surface area contributed by atoms with Gasteiger partial charge < -0.3 is 20.5 Å². The first-order valence-corrected chi connectivity index (χ1v) is 13.9. The minimum atomic E-state index is -3.72. The summed E-state index contributed by atoms with van der Waals surface area (Å²) in [4.78, 5) is 12.4. The number of sulfone groups is 1. The zero-order valence-electron chi connectivity index (χ0n) is 21.2. The largest absolute Gasteiger partial charge is 0.496 e. The van der Waals surface area contributed by atoms with Crippen LogP contribution >= 0.6 is 0 Å². The summed E-state index contributed by atoms with van der Waals surface area (Å²) in [7, 11) is -2.18. The van der Waals surface area contributed by atoms with Crippen LogP contribution in [-0.4, -0.2) is 57.0 Å². The fourth-order valence-electron chi connectivity index (χ4n) is 4.96. The van der Waals surface area contributed by atoms with E-state index >= 15 is 0 Å². The smallest absolute Gasteiger partial charge is 0.321 e. The first kappa shape index (κ1) is 27.3. The zero-order chi connectivity index (χ0) is 27.2. The highest BCUT2D eigenvalue weighted by Crippen LogP contribution is 2.34. The molecule has 0 saturated carbocycles. The third-order valence-electron chi connectivity index (χ3n) is 7.07. The van der Waals surface area contributed by atoms with Crippen molar-refractivity contribution in [3.05, 3.63) is 83.9 Å². The highest BCUT2D eigenvalue weighted by molar-refractivity contribution is 7.93. The van der Waals surface area contributed by atoms with E-state index < -0.39 is 26.6 Å². The van der Waals surface area contributed by atoms with Crippen LogP contribution in [0.3, 0.4) is 0 Å². The second-order valence-corrected chi connectivity index (χ2v) is 11.8. The van der Waals surface area contributed by atoms with Crippen molar-refractivity contribution in [2.45, 2.75) is 34.9 Å². The van der Waals surface area contributed by atoms with Gasteiger partial charge in [0.1, 0.15) is 16.5 Å². The van der Waals surface area contributed by atoms with Crippen molar-refractivity contribution >= 4 is 15.8 Å². The van der Waals surface area contributed by atoms with Gasteiger partial charge in [-0.1, -0.05) is 48.5 Å². The Morgan fingerprint density at radius 3 is 2.47 bits per heavy atom. The molecule has 0 aromatic heterocycles. The van der Waals surface area contributed by atoms with Gasteiger partial charge >= 0.3 is 5.97 Å². The maximum absolute atomic E-state index is 13.7. The average Bonchev–Trinajstić information content (AvgIpc) is 2.95. The first-order chi connectivity index (χ1) is 18.3. The molecule has 0 spiro atoms. The van der Waals surface area contributed by atoms with Gasteiger partial charge in [0.2, 0.25) is 0 Å². The lowest BCUT2D eigenvalue weighted by Crippen LogP contribution is -2.59. The lowest BCUT2D eigenvalue weighted by atomic mass is 9.95. The van der Waals surface area contributed by atoms with E-state index in [-0.39, 0.29) is 24.4 Å². The summed E-state index contributed by atoms with van der Waals surface area (Å²) in [6, 6.07) is 22.1.